The van der Waals surface area contributed by atoms with Crippen LogP contribution in [0.15, 0.2) is 28.9 Å². The molecule has 0 spiro atoms. The first-order valence-corrected chi connectivity index (χ1v) is 6.72. The van der Waals surface area contributed by atoms with Gasteiger partial charge in [0.25, 0.3) is 0 Å². The van der Waals surface area contributed by atoms with Crippen molar-refractivity contribution in [3.63, 3.8) is 0 Å². The maximum atomic E-state index is 13.1. The van der Waals surface area contributed by atoms with Crippen LogP contribution in [0.25, 0.3) is 16.9 Å². The first kappa shape index (κ1) is 14.4. The van der Waals surface area contributed by atoms with E-state index in [1.54, 1.807) is 6.92 Å². The van der Waals surface area contributed by atoms with Gasteiger partial charge in [0.05, 0.1) is 11.3 Å². The summed E-state index contributed by atoms with van der Waals surface area (Å²) < 4.78 is 45.6. The highest BCUT2D eigenvalue weighted by Crippen LogP contribution is 2.36. The Labute approximate surface area is 131 Å². The molecule has 122 valence electrons. The fraction of sp³-hybridized carbons (Fsp3) is 0.154. The molecule has 0 amide bonds. The molecule has 1 N–H and O–H groups in total. The van der Waals surface area contributed by atoms with Gasteiger partial charge in [0.2, 0.25) is 16.9 Å². The Hall–Kier alpha value is -3.24. The van der Waals surface area contributed by atoms with E-state index >= 15 is 0 Å². The van der Waals surface area contributed by atoms with Gasteiger partial charge in [0.1, 0.15) is 5.82 Å². The first-order chi connectivity index (χ1) is 11.4. The van der Waals surface area contributed by atoms with E-state index in [9.17, 15) is 13.2 Å². The van der Waals surface area contributed by atoms with Crippen molar-refractivity contribution < 1.29 is 17.8 Å². The SMILES string of the molecule is Cc1nnc2c(Nc3ccccc3C(F)(F)F)nc3nonc3n12. The number of nitrogens with zero attached hydrogens (tertiary/aromatic N) is 6. The number of aromatic nitrogens is 6. The normalized spacial score (nSPS) is 12.2. The zero-order valence-corrected chi connectivity index (χ0v) is 12.0. The Bertz CT molecular complexity index is 1050. The van der Waals surface area contributed by atoms with Crippen LogP contribution in [0.4, 0.5) is 24.7 Å². The molecular formula is C13H8F3N7O. The largest absolute Gasteiger partial charge is 0.418 e. The number of aryl methyl sites for hydroxylation is 1. The van der Waals surface area contributed by atoms with Gasteiger partial charge in [-0.25, -0.2) is 9.61 Å². The Morgan fingerprint density at radius 1 is 1.08 bits per heavy atom. The topological polar surface area (TPSA) is 94.0 Å². The molecule has 0 aliphatic rings. The lowest BCUT2D eigenvalue weighted by atomic mass is 10.1. The Morgan fingerprint density at radius 3 is 2.67 bits per heavy atom. The lowest BCUT2D eigenvalue weighted by Gasteiger charge is -2.14. The zero-order chi connectivity index (χ0) is 16.9. The highest BCUT2D eigenvalue weighted by atomic mass is 19.4. The molecule has 1 aromatic carbocycles. The molecule has 0 unspecified atom stereocenters. The molecule has 3 heterocycles. The predicted octanol–water partition coefficient (Wildman–Crippen LogP) is 2.73. The second-order valence-corrected chi connectivity index (χ2v) is 4.95. The Morgan fingerprint density at radius 2 is 1.88 bits per heavy atom. The maximum absolute atomic E-state index is 13.1. The predicted molar refractivity (Wildman–Crippen MR) is 75.6 cm³/mol. The number of rotatable bonds is 2. The number of alkyl halides is 3. The van der Waals surface area contributed by atoms with Gasteiger partial charge in [-0.15, -0.1) is 10.2 Å². The molecule has 8 nitrogen and oxygen atoms in total. The van der Waals surface area contributed by atoms with Crippen LogP contribution in [-0.2, 0) is 6.18 Å². The summed E-state index contributed by atoms with van der Waals surface area (Å²) in [7, 11) is 0. The summed E-state index contributed by atoms with van der Waals surface area (Å²) in [6, 6.07) is 5.07. The van der Waals surface area contributed by atoms with Crippen LogP contribution >= 0.6 is 0 Å². The summed E-state index contributed by atoms with van der Waals surface area (Å²) >= 11 is 0. The van der Waals surface area contributed by atoms with E-state index in [4.69, 9.17) is 0 Å². The number of nitrogens with one attached hydrogen (secondary N) is 1. The first-order valence-electron chi connectivity index (χ1n) is 6.72. The van der Waals surface area contributed by atoms with Crippen molar-refractivity contribution in [1.82, 2.24) is 29.9 Å². The van der Waals surface area contributed by atoms with E-state index in [0.717, 1.165) is 6.07 Å². The van der Waals surface area contributed by atoms with Gasteiger partial charge >= 0.3 is 6.18 Å². The fourth-order valence-electron chi connectivity index (χ4n) is 2.37. The van der Waals surface area contributed by atoms with Crippen LogP contribution in [0.2, 0.25) is 0 Å². The van der Waals surface area contributed by atoms with Crippen molar-refractivity contribution in [2.45, 2.75) is 13.1 Å². The molecule has 3 aromatic heterocycles. The molecule has 24 heavy (non-hydrogen) atoms. The maximum Gasteiger partial charge on any atom is 0.418 e. The molecule has 0 saturated heterocycles. The van der Waals surface area contributed by atoms with Crippen LogP contribution in [0.5, 0.6) is 0 Å². The number of hydrogen-bond acceptors (Lipinski definition) is 7. The van der Waals surface area contributed by atoms with Crippen molar-refractivity contribution >= 4 is 28.4 Å². The van der Waals surface area contributed by atoms with Crippen LogP contribution in [0, 0.1) is 6.92 Å². The standard InChI is InChI=1S/C13H8F3N7O/c1-6-19-20-11-9(18-10-12(23(6)11)22-24-21-10)17-8-5-3-2-4-7(8)13(14,15)16/h2-5H,1H3,(H,17,18,21). The molecular weight excluding hydrogens is 327 g/mol. The van der Waals surface area contributed by atoms with Gasteiger partial charge in [-0.2, -0.15) is 13.2 Å². The van der Waals surface area contributed by atoms with Crippen molar-refractivity contribution in [2.24, 2.45) is 0 Å². The van der Waals surface area contributed by atoms with E-state index in [2.05, 4.69) is 35.4 Å². The molecule has 4 aromatic rings. The molecule has 4 rings (SSSR count). The van der Waals surface area contributed by atoms with E-state index < -0.39 is 11.7 Å². The minimum absolute atomic E-state index is 0.0653. The Balaban J connectivity index is 1.92. The average Bonchev–Trinajstić information content (AvgIpc) is 3.13. The van der Waals surface area contributed by atoms with Gasteiger partial charge in [-0.1, -0.05) is 12.1 Å². The van der Waals surface area contributed by atoms with Crippen molar-refractivity contribution in [3.8, 4) is 0 Å². The summed E-state index contributed by atoms with van der Waals surface area (Å²) in [5.74, 6) is 0.538. The van der Waals surface area contributed by atoms with Gasteiger partial charge in [0.15, 0.2) is 5.82 Å². The number of anilines is 2. The quantitative estimate of drug-likeness (QED) is 0.602. The second-order valence-electron chi connectivity index (χ2n) is 4.95. The molecule has 0 aliphatic carbocycles. The third-order valence-electron chi connectivity index (χ3n) is 3.41. The number of fused-ring (bicyclic) bond motifs is 3. The van der Waals surface area contributed by atoms with Gasteiger partial charge in [-0.3, -0.25) is 4.40 Å². The van der Waals surface area contributed by atoms with E-state index in [1.165, 1.54) is 22.6 Å². The summed E-state index contributed by atoms with van der Waals surface area (Å²) in [6.07, 6.45) is -4.51. The number of para-hydroxylation sites is 1. The van der Waals surface area contributed by atoms with Gasteiger partial charge < -0.3 is 5.32 Å². The highest BCUT2D eigenvalue weighted by Gasteiger charge is 2.33. The summed E-state index contributed by atoms with van der Waals surface area (Å²) in [5, 5.41) is 17.8. The minimum atomic E-state index is -4.51. The minimum Gasteiger partial charge on any atom is -0.336 e. The molecule has 11 heteroatoms. The number of halogens is 3. The average molecular weight is 335 g/mol. The molecule has 0 aliphatic heterocycles. The number of benzene rings is 1. The molecule has 0 bridgehead atoms. The molecule has 0 atom stereocenters. The monoisotopic (exact) mass is 335 g/mol. The third-order valence-corrected chi connectivity index (χ3v) is 3.41. The van der Waals surface area contributed by atoms with Crippen LogP contribution in [0.1, 0.15) is 11.4 Å². The molecule has 0 saturated carbocycles. The van der Waals surface area contributed by atoms with Crippen molar-refractivity contribution in [3.05, 3.63) is 35.7 Å². The second kappa shape index (κ2) is 4.88. The molecule has 0 fully saturated rings. The van der Waals surface area contributed by atoms with Gasteiger partial charge in [-0.05, 0) is 29.4 Å². The lowest BCUT2D eigenvalue weighted by Crippen LogP contribution is -2.10. The highest BCUT2D eigenvalue weighted by molar-refractivity contribution is 5.80. The zero-order valence-electron chi connectivity index (χ0n) is 12.0. The van der Waals surface area contributed by atoms with Crippen LogP contribution in [0.3, 0.4) is 0 Å². The van der Waals surface area contributed by atoms with Gasteiger partial charge in [0, 0.05) is 0 Å². The molecule has 0 radical (unpaired) electrons. The van der Waals surface area contributed by atoms with E-state index in [-0.39, 0.29) is 28.4 Å². The summed E-state index contributed by atoms with van der Waals surface area (Å²) in [5.41, 5.74) is -0.359. The fourth-order valence-corrected chi connectivity index (χ4v) is 2.37. The smallest absolute Gasteiger partial charge is 0.336 e. The third kappa shape index (κ3) is 2.13. The van der Waals surface area contributed by atoms with Crippen molar-refractivity contribution in [1.29, 1.82) is 0 Å². The Kier molecular flexibility index (Phi) is 2.92. The van der Waals surface area contributed by atoms with Crippen molar-refractivity contribution in [2.75, 3.05) is 5.32 Å². The van der Waals surface area contributed by atoms with E-state index in [0.29, 0.717) is 5.82 Å². The van der Waals surface area contributed by atoms with E-state index in [1.807, 2.05) is 0 Å². The summed E-state index contributed by atoms with van der Waals surface area (Å²) in [4.78, 5) is 4.13. The lowest BCUT2D eigenvalue weighted by molar-refractivity contribution is -0.136. The summed E-state index contributed by atoms with van der Waals surface area (Å²) in [6.45, 7) is 1.67. The number of hydrogen-bond donors (Lipinski definition) is 1. The van der Waals surface area contributed by atoms with Crippen LogP contribution in [-0.4, -0.2) is 29.9 Å². The van der Waals surface area contributed by atoms with Crippen LogP contribution < -0.4 is 5.32 Å².